The van der Waals surface area contributed by atoms with Gasteiger partial charge in [0.2, 0.25) is 0 Å². The minimum Gasteiger partial charge on any atom is -0.481 e. The van der Waals surface area contributed by atoms with Crippen molar-refractivity contribution >= 4 is 5.97 Å². The zero-order valence-electron chi connectivity index (χ0n) is 17.3. The average Bonchev–Trinajstić information content (AvgIpc) is 3.18. The first kappa shape index (κ1) is 21.8. The van der Waals surface area contributed by atoms with Crippen LogP contribution < -0.4 is 0 Å². The van der Waals surface area contributed by atoms with Crippen molar-refractivity contribution in [2.75, 3.05) is 0 Å². The normalized spacial score (nSPS) is 27.2. The maximum atomic E-state index is 10.6. The van der Waals surface area contributed by atoms with Crippen molar-refractivity contribution in [3.63, 3.8) is 0 Å². The van der Waals surface area contributed by atoms with E-state index in [0.717, 1.165) is 38.5 Å². The van der Waals surface area contributed by atoms with Gasteiger partial charge in [-0.3, -0.25) is 4.79 Å². The number of carboxylic acid groups (broad SMARTS) is 1. The van der Waals surface area contributed by atoms with Gasteiger partial charge in [0, 0.05) is 12.3 Å². The molecule has 4 nitrogen and oxygen atoms in total. The molecule has 0 saturated heterocycles. The van der Waals surface area contributed by atoms with Crippen LogP contribution in [0.5, 0.6) is 0 Å². The van der Waals surface area contributed by atoms with Gasteiger partial charge in [-0.2, -0.15) is 0 Å². The van der Waals surface area contributed by atoms with Gasteiger partial charge in [-0.15, -0.1) is 0 Å². The number of benzene rings is 1. The molecule has 0 heterocycles. The Balaban J connectivity index is 1.46. The molecule has 0 unspecified atom stereocenters. The van der Waals surface area contributed by atoms with E-state index in [1.54, 1.807) is 0 Å². The molecule has 0 bridgehead atoms. The van der Waals surface area contributed by atoms with E-state index in [-0.39, 0.29) is 18.4 Å². The molecule has 1 aromatic rings. The second-order valence-corrected chi connectivity index (χ2v) is 8.82. The van der Waals surface area contributed by atoms with E-state index in [1.807, 2.05) is 18.2 Å². The Morgan fingerprint density at radius 3 is 2.86 bits per heavy atom. The highest BCUT2D eigenvalue weighted by atomic mass is 16.4. The number of aliphatic carboxylic acids is 1. The van der Waals surface area contributed by atoms with Crippen LogP contribution in [-0.4, -0.2) is 33.5 Å². The van der Waals surface area contributed by atoms with E-state index < -0.39 is 12.1 Å². The van der Waals surface area contributed by atoms with Crippen LogP contribution in [0, 0.1) is 24.7 Å². The lowest BCUT2D eigenvalue weighted by Crippen LogP contribution is -2.18. The summed E-state index contributed by atoms with van der Waals surface area (Å²) in [4.78, 5) is 10.6. The van der Waals surface area contributed by atoms with Crippen LogP contribution in [0.25, 0.3) is 0 Å². The van der Waals surface area contributed by atoms with Crippen LogP contribution in [0.4, 0.5) is 0 Å². The molecule has 0 aromatic heterocycles. The molecule has 29 heavy (non-hydrogen) atoms. The molecular formula is C25H34O4. The summed E-state index contributed by atoms with van der Waals surface area (Å²) in [7, 11) is 0. The Hall–Kier alpha value is -1.91. The summed E-state index contributed by atoms with van der Waals surface area (Å²) in [6, 6.07) is 8.38. The lowest BCUT2D eigenvalue weighted by Gasteiger charge is -2.19. The van der Waals surface area contributed by atoms with Crippen LogP contribution in [0.1, 0.15) is 56.1 Å². The molecule has 3 rings (SSSR count). The molecule has 1 fully saturated rings. The molecule has 0 spiro atoms. The van der Waals surface area contributed by atoms with Gasteiger partial charge in [0.25, 0.3) is 0 Å². The number of allylic oxidation sites excluding steroid dienone is 2. The molecule has 2 aliphatic carbocycles. The molecule has 158 valence electrons. The highest BCUT2D eigenvalue weighted by Gasteiger charge is 2.43. The third-order valence-electron chi connectivity index (χ3n) is 6.46. The van der Waals surface area contributed by atoms with Crippen molar-refractivity contribution in [2.45, 2.75) is 70.5 Å². The van der Waals surface area contributed by atoms with Gasteiger partial charge in [0.15, 0.2) is 0 Å². The standard InChI is InChI=1S/C25H34O4/c1-17-5-4-7-18(13-17)9-10-21(26)11-12-22-23-15-19(6-2-3-8-25(28)29)14-20(23)16-24(22)27/h4-5,7,11-14,20-24,26-27H,2-3,6,8-10,15-16H2,1H3,(H,28,29)/b12-11+/t20-,21-,22+,23-,24+/m0/s1. The third-order valence-corrected chi connectivity index (χ3v) is 6.46. The highest BCUT2D eigenvalue weighted by Crippen LogP contribution is 2.48. The summed E-state index contributed by atoms with van der Waals surface area (Å²) < 4.78 is 0. The Labute approximate surface area is 174 Å². The molecule has 3 N–H and O–H groups in total. The largest absolute Gasteiger partial charge is 0.481 e. The van der Waals surface area contributed by atoms with Crippen molar-refractivity contribution < 1.29 is 20.1 Å². The van der Waals surface area contributed by atoms with Crippen molar-refractivity contribution in [3.05, 3.63) is 59.2 Å². The lowest BCUT2D eigenvalue weighted by atomic mass is 9.88. The SMILES string of the molecule is Cc1cccc(CC[C@H](O)/C=C/[C@@H]2[C@H]3CC(CCCCC(=O)O)=C[C@H]3C[C@H]2O)c1. The summed E-state index contributed by atoms with van der Waals surface area (Å²) in [6.45, 7) is 2.08. The molecule has 2 aliphatic rings. The maximum Gasteiger partial charge on any atom is 0.303 e. The summed E-state index contributed by atoms with van der Waals surface area (Å²) in [6.07, 6.45) is 11.5. The summed E-state index contributed by atoms with van der Waals surface area (Å²) >= 11 is 0. The van der Waals surface area contributed by atoms with Crippen LogP contribution in [0.2, 0.25) is 0 Å². The highest BCUT2D eigenvalue weighted by molar-refractivity contribution is 5.66. The first-order chi connectivity index (χ1) is 13.9. The summed E-state index contributed by atoms with van der Waals surface area (Å²) in [5, 5.41) is 29.6. The number of hydrogen-bond donors (Lipinski definition) is 3. The molecule has 1 saturated carbocycles. The monoisotopic (exact) mass is 398 g/mol. The number of hydrogen-bond acceptors (Lipinski definition) is 3. The van der Waals surface area contributed by atoms with Gasteiger partial charge < -0.3 is 15.3 Å². The van der Waals surface area contributed by atoms with E-state index in [4.69, 9.17) is 5.11 Å². The molecule has 0 amide bonds. The van der Waals surface area contributed by atoms with Gasteiger partial charge in [0.1, 0.15) is 0 Å². The van der Waals surface area contributed by atoms with Crippen LogP contribution in [0.15, 0.2) is 48.1 Å². The number of carbonyl (C=O) groups is 1. The predicted molar refractivity (Wildman–Crippen MR) is 115 cm³/mol. The van der Waals surface area contributed by atoms with Crippen LogP contribution >= 0.6 is 0 Å². The molecule has 1 aromatic carbocycles. The Bertz CT molecular complexity index is 751. The molecule has 0 aliphatic heterocycles. The van der Waals surface area contributed by atoms with E-state index in [2.05, 4.69) is 31.2 Å². The Morgan fingerprint density at radius 2 is 2.10 bits per heavy atom. The lowest BCUT2D eigenvalue weighted by molar-refractivity contribution is -0.137. The maximum absolute atomic E-state index is 10.6. The quantitative estimate of drug-likeness (QED) is 0.402. The van der Waals surface area contributed by atoms with E-state index >= 15 is 0 Å². The number of rotatable bonds is 10. The molecule has 5 atom stereocenters. The zero-order chi connectivity index (χ0) is 20.8. The fraction of sp³-hybridized carbons (Fsp3) is 0.560. The molecular weight excluding hydrogens is 364 g/mol. The average molecular weight is 399 g/mol. The van der Waals surface area contributed by atoms with Crippen molar-refractivity contribution in [3.8, 4) is 0 Å². The summed E-state index contributed by atoms with van der Waals surface area (Å²) in [5.41, 5.74) is 3.89. The number of fused-ring (bicyclic) bond motifs is 1. The summed E-state index contributed by atoms with van der Waals surface area (Å²) in [5.74, 6) is 0.205. The Morgan fingerprint density at radius 1 is 1.28 bits per heavy atom. The van der Waals surface area contributed by atoms with Gasteiger partial charge >= 0.3 is 5.97 Å². The van der Waals surface area contributed by atoms with E-state index in [0.29, 0.717) is 18.3 Å². The first-order valence-corrected chi connectivity index (χ1v) is 10.9. The predicted octanol–water partition coefficient (Wildman–Crippen LogP) is 4.43. The molecule has 0 radical (unpaired) electrons. The van der Waals surface area contributed by atoms with Gasteiger partial charge in [-0.1, -0.05) is 53.6 Å². The fourth-order valence-electron chi connectivity index (χ4n) is 4.95. The van der Waals surface area contributed by atoms with Crippen molar-refractivity contribution in [1.29, 1.82) is 0 Å². The van der Waals surface area contributed by atoms with Gasteiger partial charge in [-0.25, -0.2) is 0 Å². The number of carboxylic acids is 1. The Kier molecular flexibility index (Phi) is 7.68. The minimum absolute atomic E-state index is 0.0985. The topological polar surface area (TPSA) is 77.8 Å². The fourth-order valence-corrected chi connectivity index (χ4v) is 4.95. The van der Waals surface area contributed by atoms with E-state index in [9.17, 15) is 15.0 Å². The van der Waals surface area contributed by atoms with Crippen LogP contribution in [-0.2, 0) is 11.2 Å². The van der Waals surface area contributed by atoms with Crippen LogP contribution in [0.3, 0.4) is 0 Å². The minimum atomic E-state index is -0.725. The second kappa shape index (κ2) is 10.2. The van der Waals surface area contributed by atoms with Gasteiger partial charge in [-0.05, 0) is 69.3 Å². The number of aliphatic hydroxyl groups excluding tert-OH is 2. The number of aliphatic hydroxyl groups is 2. The third kappa shape index (κ3) is 6.28. The smallest absolute Gasteiger partial charge is 0.303 e. The molecule has 4 heteroatoms. The van der Waals surface area contributed by atoms with E-state index in [1.165, 1.54) is 16.7 Å². The number of aryl methyl sites for hydroxylation is 2. The van der Waals surface area contributed by atoms with Crippen molar-refractivity contribution in [2.24, 2.45) is 17.8 Å². The zero-order valence-corrected chi connectivity index (χ0v) is 17.3. The number of unbranched alkanes of at least 4 members (excludes halogenated alkanes) is 1. The first-order valence-electron chi connectivity index (χ1n) is 10.9. The van der Waals surface area contributed by atoms with Crippen molar-refractivity contribution in [1.82, 2.24) is 0 Å². The van der Waals surface area contributed by atoms with Gasteiger partial charge in [0.05, 0.1) is 12.2 Å². The second-order valence-electron chi connectivity index (χ2n) is 8.82.